The van der Waals surface area contributed by atoms with Crippen molar-refractivity contribution >= 4 is 34.8 Å². The number of nitrogens with one attached hydrogen (secondary N) is 1. The average molecular weight is 575 g/mol. The molecule has 1 aliphatic heterocycles. The number of benzene rings is 3. The summed E-state index contributed by atoms with van der Waals surface area (Å²) in [4.78, 5) is 28.2. The van der Waals surface area contributed by atoms with Crippen molar-refractivity contribution in [3.63, 3.8) is 0 Å². The minimum Gasteiger partial charge on any atom is -0.433 e. The van der Waals surface area contributed by atoms with Crippen LogP contribution < -0.4 is 24.6 Å². The maximum Gasteiger partial charge on any atom is 0.425 e. The fraction of sp³-hybridized carbons (Fsp3) is 0.258. The van der Waals surface area contributed by atoms with Gasteiger partial charge in [0.25, 0.3) is 0 Å². The Morgan fingerprint density at radius 2 is 1.62 bits per heavy atom. The van der Waals surface area contributed by atoms with Crippen molar-refractivity contribution in [2.24, 2.45) is 0 Å². The largest absolute Gasteiger partial charge is 0.433 e. The second kappa shape index (κ2) is 12.8. The Balaban J connectivity index is 1.37. The third-order valence-corrected chi connectivity index (χ3v) is 6.98. The molecule has 0 saturated carbocycles. The molecule has 1 amide bonds. The summed E-state index contributed by atoms with van der Waals surface area (Å²) in [6.07, 6.45) is 0.618. The lowest BCUT2D eigenvalue weighted by molar-refractivity contribution is -0.0494. The first-order chi connectivity index (χ1) is 20.3. The van der Waals surface area contributed by atoms with Crippen molar-refractivity contribution in [1.82, 2.24) is 14.9 Å². The summed E-state index contributed by atoms with van der Waals surface area (Å²) in [6, 6.07) is 21.0. The molecule has 0 aliphatic carbocycles. The highest BCUT2D eigenvalue weighted by Crippen LogP contribution is 2.38. The molecule has 0 bridgehead atoms. The third-order valence-electron chi connectivity index (χ3n) is 6.98. The Hall–Kier alpha value is -4.77. The number of aromatic nitrogens is 2. The summed E-state index contributed by atoms with van der Waals surface area (Å²) in [7, 11) is 2.12. The Bertz CT molecular complexity index is 1510. The Morgan fingerprint density at radius 1 is 0.929 bits per heavy atom. The van der Waals surface area contributed by atoms with Gasteiger partial charge in [0.05, 0.1) is 11.4 Å². The number of para-hydroxylation sites is 3. The number of carbonyl (C=O) groups excluding carboxylic acids is 1. The molecular formula is C31H32F2N6O3. The highest BCUT2D eigenvalue weighted by Gasteiger charge is 2.27. The van der Waals surface area contributed by atoms with Gasteiger partial charge in [-0.15, -0.1) is 0 Å². The predicted octanol–water partition coefficient (Wildman–Crippen LogP) is 6.53. The van der Waals surface area contributed by atoms with Crippen LogP contribution >= 0.6 is 0 Å². The van der Waals surface area contributed by atoms with E-state index in [0.717, 1.165) is 48.7 Å². The highest BCUT2D eigenvalue weighted by atomic mass is 19.3. The molecule has 1 saturated heterocycles. The van der Waals surface area contributed by atoms with E-state index in [1.54, 1.807) is 12.1 Å². The van der Waals surface area contributed by atoms with Gasteiger partial charge in [-0.2, -0.15) is 13.8 Å². The van der Waals surface area contributed by atoms with E-state index in [1.165, 1.54) is 29.3 Å². The number of hydrogen-bond donors (Lipinski definition) is 1. The normalized spacial score (nSPS) is 13.6. The number of hydrogen-bond acceptors (Lipinski definition) is 8. The topological polar surface area (TPSA) is 83.1 Å². The summed E-state index contributed by atoms with van der Waals surface area (Å²) in [6.45, 7) is 4.54. The number of piperazine rings is 1. The number of rotatable bonds is 8. The number of aryl methyl sites for hydroxylation is 2. The highest BCUT2D eigenvalue weighted by molar-refractivity contribution is 6.00. The smallest absolute Gasteiger partial charge is 0.425 e. The van der Waals surface area contributed by atoms with Crippen LogP contribution in [0, 0.1) is 13.8 Å². The molecule has 9 nitrogen and oxygen atoms in total. The maximum absolute atomic E-state index is 13.7. The van der Waals surface area contributed by atoms with Gasteiger partial charge >= 0.3 is 12.7 Å². The number of alkyl halides is 2. The zero-order valence-electron chi connectivity index (χ0n) is 23.6. The summed E-state index contributed by atoms with van der Waals surface area (Å²) < 4.78 is 36.9. The Morgan fingerprint density at radius 3 is 2.31 bits per heavy atom. The monoisotopic (exact) mass is 574 g/mol. The molecule has 5 rings (SSSR count). The van der Waals surface area contributed by atoms with Crippen molar-refractivity contribution in [3.8, 4) is 11.6 Å². The average Bonchev–Trinajstić information content (AvgIpc) is 2.96. The van der Waals surface area contributed by atoms with Crippen LogP contribution in [0.15, 0.2) is 79.0 Å². The van der Waals surface area contributed by atoms with Crippen molar-refractivity contribution in [1.29, 1.82) is 0 Å². The number of amides is 1. The number of halogens is 2. The number of ether oxygens (including phenoxy) is 2. The van der Waals surface area contributed by atoms with E-state index in [2.05, 4.69) is 32.1 Å². The number of nitrogens with zero attached hydrogens (tertiary/aromatic N) is 5. The minimum absolute atomic E-state index is 0.0185. The molecule has 4 aromatic rings. The van der Waals surface area contributed by atoms with E-state index in [-0.39, 0.29) is 23.3 Å². The van der Waals surface area contributed by atoms with Gasteiger partial charge in [-0.1, -0.05) is 30.3 Å². The van der Waals surface area contributed by atoms with Gasteiger partial charge in [-0.3, -0.25) is 0 Å². The van der Waals surface area contributed by atoms with Crippen molar-refractivity contribution in [3.05, 3.63) is 90.1 Å². The number of carbonyl (C=O) groups is 1. The molecule has 42 heavy (non-hydrogen) atoms. The van der Waals surface area contributed by atoms with E-state index in [4.69, 9.17) is 9.47 Å². The molecule has 2 heterocycles. The van der Waals surface area contributed by atoms with E-state index < -0.39 is 12.7 Å². The van der Waals surface area contributed by atoms with Gasteiger partial charge in [0.15, 0.2) is 0 Å². The first-order valence-corrected chi connectivity index (χ1v) is 13.5. The molecule has 0 radical (unpaired) electrons. The van der Waals surface area contributed by atoms with Crippen LogP contribution in [-0.2, 0) is 0 Å². The lowest BCUT2D eigenvalue weighted by Gasteiger charge is -2.34. The first-order valence-electron chi connectivity index (χ1n) is 13.5. The van der Waals surface area contributed by atoms with Crippen molar-refractivity contribution in [2.45, 2.75) is 20.5 Å². The van der Waals surface area contributed by atoms with Crippen LogP contribution in [0.5, 0.6) is 11.6 Å². The fourth-order valence-electron chi connectivity index (χ4n) is 4.85. The molecule has 1 fully saturated rings. The van der Waals surface area contributed by atoms with Gasteiger partial charge in [0.1, 0.15) is 5.75 Å². The van der Waals surface area contributed by atoms with E-state index >= 15 is 0 Å². The van der Waals surface area contributed by atoms with Crippen LogP contribution in [0.4, 0.5) is 42.3 Å². The number of anilines is 5. The minimum atomic E-state index is -3.08. The van der Waals surface area contributed by atoms with Gasteiger partial charge in [-0.25, -0.2) is 14.7 Å². The molecule has 1 aromatic heterocycles. The van der Waals surface area contributed by atoms with Crippen LogP contribution in [-0.4, -0.2) is 60.8 Å². The van der Waals surface area contributed by atoms with Gasteiger partial charge in [0.2, 0.25) is 11.8 Å². The Kier molecular flexibility index (Phi) is 8.77. The second-order valence-electron chi connectivity index (χ2n) is 9.97. The number of likely N-dealkylation sites (N-methyl/N-ethyl adjacent to an activating group) is 1. The molecule has 218 valence electrons. The zero-order valence-corrected chi connectivity index (χ0v) is 23.6. The summed E-state index contributed by atoms with van der Waals surface area (Å²) >= 11 is 0. The molecular weight excluding hydrogens is 542 g/mol. The maximum atomic E-state index is 13.7. The molecule has 1 N–H and O–H groups in total. The van der Waals surface area contributed by atoms with Gasteiger partial charge < -0.3 is 24.6 Å². The first kappa shape index (κ1) is 28.7. The van der Waals surface area contributed by atoms with Crippen molar-refractivity contribution < 1.29 is 23.0 Å². The van der Waals surface area contributed by atoms with Gasteiger partial charge in [0, 0.05) is 49.8 Å². The van der Waals surface area contributed by atoms with E-state index in [0.29, 0.717) is 5.69 Å². The Labute approximate surface area is 243 Å². The lowest BCUT2D eigenvalue weighted by Crippen LogP contribution is -2.44. The van der Waals surface area contributed by atoms with Crippen molar-refractivity contribution in [2.75, 3.05) is 48.3 Å². The summed E-state index contributed by atoms with van der Waals surface area (Å²) in [5, 5.41) is 3.14. The van der Waals surface area contributed by atoms with E-state index in [1.807, 2.05) is 56.3 Å². The van der Waals surface area contributed by atoms with Crippen LogP contribution in [0.1, 0.15) is 11.1 Å². The molecule has 11 heteroatoms. The molecule has 1 aliphatic rings. The zero-order chi connectivity index (χ0) is 29.6. The second-order valence-corrected chi connectivity index (χ2v) is 9.97. The third kappa shape index (κ3) is 6.74. The van der Waals surface area contributed by atoms with Gasteiger partial charge in [-0.05, 0) is 68.4 Å². The molecule has 0 spiro atoms. The van der Waals surface area contributed by atoms with E-state index in [9.17, 15) is 13.6 Å². The molecule has 3 aromatic carbocycles. The quantitative estimate of drug-likeness (QED) is 0.255. The summed E-state index contributed by atoms with van der Waals surface area (Å²) in [5.74, 6) is 0.0416. The predicted molar refractivity (Wildman–Crippen MR) is 159 cm³/mol. The standard InChI is InChI=1S/C31H32F2N6O3/c1-21-7-6-8-22(2)28(21)39(25-9-4-5-10-26(25)41-29(32)33)31(40)42-27-15-16-34-30(36-27)35-23-11-13-24(14-12-23)38-19-17-37(3)18-20-38/h4-16,29H,17-20H2,1-3H3,(H,34,35,36). The summed E-state index contributed by atoms with van der Waals surface area (Å²) in [5.41, 5.74) is 3.98. The molecule has 0 atom stereocenters. The lowest BCUT2D eigenvalue weighted by atomic mass is 10.1. The van der Waals surface area contributed by atoms with Crippen LogP contribution in [0.2, 0.25) is 0 Å². The SMILES string of the molecule is Cc1cccc(C)c1N(C(=O)Oc1ccnc(Nc2ccc(N3CCN(C)CC3)cc2)n1)c1ccccc1OC(F)F. The van der Waals surface area contributed by atoms with Crippen LogP contribution in [0.25, 0.3) is 0 Å². The molecule has 0 unspecified atom stereocenters. The fourth-order valence-corrected chi connectivity index (χ4v) is 4.85. The van der Waals surface area contributed by atoms with Crippen LogP contribution in [0.3, 0.4) is 0 Å².